The third-order valence-corrected chi connectivity index (χ3v) is 2.44. The molecule has 0 aliphatic heterocycles. The maximum Gasteiger partial charge on any atom is 0.234 e. The lowest BCUT2D eigenvalue weighted by molar-refractivity contribution is -0.120. The molecule has 0 saturated carbocycles. The molecule has 1 rings (SSSR count). The van der Waals surface area contributed by atoms with E-state index in [9.17, 15) is 4.79 Å². The van der Waals surface area contributed by atoms with Crippen LogP contribution in [0.2, 0.25) is 0 Å². The van der Waals surface area contributed by atoms with E-state index in [0.29, 0.717) is 13.2 Å². The van der Waals surface area contributed by atoms with E-state index in [2.05, 4.69) is 15.6 Å². The fourth-order valence-corrected chi connectivity index (χ4v) is 1.49. The first-order valence-electron chi connectivity index (χ1n) is 5.61. The summed E-state index contributed by atoms with van der Waals surface area (Å²) in [7, 11) is 3.53. The van der Waals surface area contributed by atoms with Gasteiger partial charge < -0.3 is 14.6 Å². The Bertz CT molecular complexity index is 351. The molecule has 1 aromatic rings. The van der Waals surface area contributed by atoms with Gasteiger partial charge in [0.05, 0.1) is 19.2 Å². The molecule has 0 fully saturated rings. The number of hydrogen-bond donors (Lipinski definition) is 2. The van der Waals surface area contributed by atoms with Gasteiger partial charge in [-0.2, -0.15) is 0 Å². The molecule has 1 amide bonds. The summed E-state index contributed by atoms with van der Waals surface area (Å²) in [4.78, 5) is 15.6. The number of aromatic nitrogens is 2. The molecule has 0 radical (unpaired) electrons. The van der Waals surface area contributed by atoms with Crippen LogP contribution in [0.5, 0.6) is 0 Å². The van der Waals surface area contributed by atoms with Crippen LogP contribution in [-0.2, 0) is 16.6 Å². The van der Waals surface area contributed by atoms with Crippen molar-refractivity contribution < 1.29 is 9.53 Å². The normalized spacial score (nSPS) is 12.4. The molecule has 0 aliphatic rings. The number of nitrogens with one attached hydrogen (secondary N) is 2. The van der Waals surface area contributed by atoms with Gasteiger partial charge in [0.2, 0.25) is 5.91 Å². The first kappa shape index (κ1) is 13.7. The zero-order chi connectivity index (χ0) is 12.7. The Labute approximate surface area is 101 Å². The Morgan fingerprint density at radius 1 is 1.65 bits per heavy atom. The smallest absolute Gasteiger partial charge is 0.234 e. The number of ether oxygens (including phenoxy) is 1. The average molecular weight is 240 g/mol. The number of hydrogen-bond acceptors (Lipinski definition) is 4. The summed E-state index contributed by atoms with van der Waals surface area (Å²) in [6.45, 7) is 3.32. The van der Waals surface area contributed by atoms with Gasteiger partial charge in [-0.05, 0) is 6.92 Å². The highest BCUT2D eigenvalue weighted by molar-refractivity contribution is 5.77. The molecular weight excluding hydrogens is 220 g/mol. The van der Waals surface area contributed by atoms with Crippen molar-refractivity contribution in [3.8, 4) is 0 Å². The Morgan fingerprint density at radius 2 is 2.41 bits per heavy atom. The molecule has 0 aromatic carbocycles. The molecule has 1 aromatic heterocycles. The van der Waals surface area contributed by atoms with Gasteiger partial charge in [0.25, 0.3) is 0 Å². The zero-order valence-corrected chi connectivity index (χ0v) is 10.6. The maximum atomic E-state index is 11.4. The minimum absolute atomic E-state index is 0.0388. The highest BCUT2D eigenvalue weighted by Crippen LogP contribution is 2.07. The molecular formula is C11H20N4O2. The largest absolute Gasteiger partial charge is 0.383 e. The lowest BCUT2D eigenvalue weighted by atomic mass is 10.3. The van der Waals surface area contributed by atoms with E-state index in [1.165, 1.54) is 0 Å². The summed E-state index contributed by atoms with van der Waals surface area (Å²) in [6, 6.07) is 0.0446. The van der Waals surface area contributed by atoms with Crippen molar-refractivity contribution in [1.29, 1.82) is 0 Å². The van der Waals surface area contributed by atoms with Crippen LogP contribution in [0.25, 0.3) is 0 Å². The first-order valence-corrected chi connectivity index (χ1v) is 5.61. The van der Waals surface area contributed by atoms with E-state index < -0.39 is 0 Å². The number of methoxy groups -OCH3 is 1. The Hall–Kier alpha value is -1.40. The molecule has 6 nitrogen and oxygen atoms in total. The van der Waals surface area contributed by atoms with Crippen LogP contribution in [-0.4, -0.2) is 42.3 Å². The van der Waals surface area contributed by atoms with Crippen molar-refractivity contribution in [2.45, 2.75) is 13.0 Å². The monoisotopic (exact) mass is 240 g/mol. The predicted molar refractivity (Wildman–Crippen MR) is 64.5 cm³/mol. The van der Waals surface area contributed by atoms with Crippen LogP contribution in [0.4, 0.5) is 0 Å². The lowest BCUT2D eigenvalue weighted by Gasteiger charge is -2.13. The van der Waals surface area contributed by atoms with Crippen molar-refractivity contribution in [2.24, 2.45) is 7.05 Å². The van der Waals surface area contributed by atoms with E-state index in [1.54, 1.807) is 13.3 Å². The molecule has 1 unspecified atom stereocenters. The summed E-state index contributed by atoms with van der Waals surface area (Å²) in [5, 5.41) is 5.86. The zero-order valence-electron chi connectivity index (χ0n) is 10.6. The Kier molecular flexibility index (Phi) is 5.65. The van der Waals surface area contributed by atoms with Crippen molar-refractivity contribution in [2.75, 3.05) is 26.8 Å². The SMILES string of the molecule is COCCNC(=O)CNC(C)c1nccn1C. The van der Waals surface area contributed by atoms with Gasteiger partial charge in [-0.25, -0.2) is 4.98 Å². The fourth-order valence-electron chi connectivity index (χ4n) is 1.49. The highest BCUT2D eigenvalue weighted by Gasteiger charge is 2.10. The first-order chi connectivity index (χ1) is 8.15. The van der Waals surface area contributed by atoms with Crippen LogP contribution >= 0.6 is 0 Å². The van der Waals surface area contributed by atoms with Gasteiger partial charge in [0.15, 0.2) is 0 Å². The van der Waals surface area contributed by atoms with Crippen molar-refractivity contribution in [3.63, 3.8) is 0 Å². The summed E-state index contributed by atoms with van der Waals surface area (Å²) >= 11 is 0. The molecule has 1 heterocycles. The molecule has 96 valence electrons. The number of imidazole rings is 1. The number of carbonyl (C=O) groups excluding carboxylic acids is 1. The Balaban J connectivity index is 2.26. The quantitative estimate of drug-likeness (QED) is 0.650. The minimum Gasteiger partial charge on any atom is -0.383 e. The third kappa shape index (κ3) is 4.54. The van der Waals surface area contributed by atoms with Crippen LogP contribution in [0.1, 0.15) is 18.8 Å². The third-order valence-electron chi connectivity index (χ3n) is 2.44. The van der Waals surface area contributed by atoms with Gasteiger partial charge in [-0.3, -0.25) is 10.1 Å². The van der Waals surface area contributed by atoms with Crippen LogP contribution in [0.3, 0.4) is 0 Å². The molecule has 0 spiro atoms. The molecule has 1 atom stereocenters. The second kappa shape index (κ2) is 7.03. The van der Waals surface area contributed by atoms with Gasteiger partial charge in [0, 0.05) is 33.1 Å². The van der Waals surface area contributed by atoms with Crippen LogP contribution in [0, 0.1) is 0 Å². The molecule has 0 bridgehead atoms. The second-order valence-electron chi connectivity index (χ2n) is 3.84. The Morgan fingerprint density at radius 3 is 3.00 bits per heavy atom. The average Bonchev–Trinajstić information content (AvgIpc) is 2.73. The maximum absolute atomic E-state index is 11.4. The number of aryl methyl sites for hydroxylation is 1. The van der Waals surface area contributed by atoms with Gasteiger partial charge in [-0.1, -0.05) is 0 Å². The lowest BCUT2D eigenvalue weighted by Crippen LogP contribution is -2.37. The summed E-state index contributed by atoms with van der Waals surface area (Å²) in [5.41, 5.74) is 0. The van der Waals surface area contributed by atoms with Crippen LogP contribution in [0.15, 0.2) is 12.4 Å². The van der Waals surface area contributed by atoms with Crippen molar-refractivity contribution in [3.05, 3.63) is 18.2 Å². The fraction of sp³-hybridized carbons (Fsp3) is 0.636. The standard InChI is InChI=1S/C11H20N4O2/c1-9(11-13-4-6-15(11)2)14-8-10(16)12-5-7-17-3/h4,6,9,14H,5,7-8H2,1-3H3,(H,12,16). The molecule has 6 heteroatoms. The second-order valence-corrected chi connectivity index (χ2v) is 3.84. The van der Waals surface area contributed by atoms with Crippen molar-refractivity contribution >= 4 is 5.91 Å². The molecule has 0 saturated heterocycles. The highest BCUT2D eigenvalue weighted by atomic mass is 16.5. The van der Waals surface area contributed by atoms with Crippen LogP contribution < -0.4 is 10.6 Å². The van der Waals surface area contributed by atoms with Gasteiger partial charge in [0.1, 0.15) is 5.82 Å². The van der Waals surface area contributed by atoms with Crippen molar-refractivity contribution in [1.82, 2.24) is 20.2 Å². The predicted octanol–water partition coefficient (Wildman–Crippen LogP) is -0.167. The van der Waals surface area contributed by atoms with Gasteiger partial charge in [-0.15, -0.1) is 0 Å². The van der Waals surface area contributed by atoms with E-state index in [1.807, 2.05) is 24.7 Å². The number of rotatable bonds is 7. The van der Waals surface area contributed by atoms with E-state index in [-0.39, 0.29) is 18.5 Å². The summed E-state index contributed by atoms with van der Waals surface area (Å²) < 4.78 is 6.78. The summed E-state index contributed by atoms with van der Waals surface area (Å²) in [6.07, 6.45) is 3.62. The summed E-state index contributed by atoms with van der Waals surface area (Å²) in [5.74, 6) is 0.873. The van der Waals surface area contributed by atoms with E-state index in [4.69, 9.17) is 4.74 Å². The molecule has 0 aliphatic carbocycles. The van der Waals surface area contributed by atoms with E-state index in [0.717, 1.165) is 5.82 Å². The topological polar surface area (TPSA) is 68.2 Å². The number of nitrogens with zero attached hydrogens (tertiary/aromatic N) is 2. The number of carbonyl (C=O) groups is 1. The minimum atomic E-state index is -0.0388. The number of amides is 1. The molecule has 17 heavy (non-hydrogen) atoms. The van der Waals surface area contributed by atoms with E-state index >= 15 is 0 Å². The molecule has 2 N–H and O–H groups in total. The van der Waals surface area contributed by atoms with Gasteiger partial charge >= 0.3 is 0 Å².